The summed E-state index contributed by atoms with van der Waals surface area (Å²) in [5.74, 6) is -0.737. The summed E-state index contributed by atoms with van der Waals surface area (Å²) in [6, 6.07) is -0.686. The molecule has 0 bridgehead atoms. The van der Waals surface area contributed by atoms with Crippen molar-refractivity contribution in [3.8, 4) is 0 Å². The predicted molar refractivity (Wildman–Crippen MR) is 73.8 cm³/mol. The number of hydrogen-bond acceptors (Lipinski definition) is 4. The van der Waals surface area contributed by atoms with Gasteiger partial charge in [0.2, 0.25) is 10.0 Å². The van der Waals surface area contributed by atoms with Crippen LogP contribution in [0.4, 0.5) is 0 Å². The molecule has 2 rings (SSSR count). The summed E-state index contributed by atoms with van der Waals surface area (Å²) in [7, 11) is -3.46. The summed E-state index contributed by atoms with van der Waals surface area (Å²) in [4.78, 5) is 11.3. The SMILES string of the molecule is CC1(C(=O)O)COCC1NS(=O)(=O)CC1CCCCC1. The number of aliphatic carboxylic acids is 1. The Balaban J connectivity index is 1.98. The number of carboxylic acid groups (broad SMARTS) is 1. The van der Waals surface area contributed by atoms with Gasteiger partial charge in [0, 0.05) is 0 Å². The molecule has 2 fully saturated rings. The standard InChI is InChI=1S/C13H23NO5S/c1-13(12(15)16)9-19-7-11(13)14-20(17,18)8-10-5-3-2-4-6-10/h10-11,14H,2-9H2,1H3,(H,15,16). The Labute approximate surface area is 119 Å². The largest absolute Gasteiger partial charge is 0.481 e. The van der Waals surface area contributed by atoms with Gasteiger partial charge in [0.25, 0.3) is 0 Å². The van der Waals surface area contributed by atoms with E-state index in [-0.39, 0.29) is 24.9 Å². The van der Waals surface area contributed by atoms with Gasteiger partial charge in [-0.05, 0) is 25.7 Å². The Morgan fingerprint density at radius 2 is 2.00 bits per heavy atom. The molecule has 1 saturated heterocycles. The van der Waals surface area contributed by atoms with Crippen LogP contribution in [0.1, 0.15) is 39.0 Å². The highest BCUT2D eigenvalue weighted by Crippen LogP contribution is 2.30. The number of hydrogen-bond donors (Lipinski definition) is 2. The zero-order valence-corrected chi connectivity index (χ0v) is 12.6. The minimum atomic E-state index is -3.46. The summed E-state index contributed by atoms with van der Waals surface area (Å²) >= 11 is 0. The molecule has 1 saturated carbocycles. The van der Waals surface area contributed by atoms with Gasteiger partial charge in [-0.3, -0.25) is 4.79 Å². The van der Waals surface area contributed by atoms with Crippen LogP contribution in [-0.2, 0) is 19.6 Å². The molecule has 0 aromatic carbocycles. The Morgan fingerprint density at radius 1 is 1.35 bits per heavy atom. The second-order valence-corrected chi connectivity index (χ2v) is 7.99. The second-order valence-electron chi connectivity index (χ2n) is 6.19. The van der Waals surface area contributed by atoms with Crippen LogP contribution < -0.4 is 4.72 Å². The summed E-state index contributed by atoms with van der Waals surface area (Å²) < 4.78 is 32.1. The topological polar surface area (TPSA) is 92.7 Å². The van der Waals surface area contributed by atoms with Crippen LogP contribution in [-0.4, -0.2) is 44.5 Å². The van der Waals surface area contributed by atoms with Crippen LogP contribution in [0.25, 0.3) is 0 Å². The van der Waals surface area contributed by atoms with Crippen LogP contribution in [0.2, 0.25) is 0 Å². The zero-order chi connectivity index (χ0) is 14.8. The fourth-order valence-corrected chi connectivity index (χ4v) is 4.79. The first-order valence-corrected chi connectivity index (χ1v) is 8.80. The van der Waals surface area contributed by atoms with Crippen molar-refractivity contribution < 1.29 is 23.1 Å². The average Bonchev–Trinajstić information content (AvgIpc) is 2.72. The summed E-state index contributed by atoms with van der Waals surface area (Å²) in [6.07, 6.45) is 5.23. The number of sulfonamides is 1. The van der Waals surface area contributed by atoms with Crippen LogP contribution in [0, 0.1) is 11.3 Å². The van der Waals surface area contributed by atoms with Gasteiger partial charge in [0.15, 0.2) is 0 Å². The van der Waals surface area contributed by atoms with Crippen molar-refractivity contribution in [3.63, 3.8) is 0 Å². The highest BCUT2D eigenvalue weighted by atomic mass is 32.2. The molecule has 0 aromatic heterocycles. The van der Waals surface area contributed by atoms with Crippen molar-refractivity contribution in [1.29, 1.82) is 0 Å². The number of rotatable bonds is 5. The predicted octanol–water partition coefficient (Wildman–Crippen LogP) is 0.976. The lowest BCUT2D eigenvalue weighted by Crippen LogP contribution is -2.50. The van der Waals surface area contributed by atoms with Crippen molar-refractivity contribution in [2.75, 3.05) is 19.0 Å². The first-order chi connectivity index (χ1) is 9.33. The maximum atomic E-state index is 12.2. The zero-order valence-electron chi connectivity index (χ0n) is 11.8. The molecule has 2 atom stereocenters. The van der Waals surface area contributed by atoms with Gasteiger partial charge in [-0.2, -0.15) is 0 Å². The summed E-state index contributed by atoms with van der Waals surface area (Å²) in [6.45, 7) is 1.68. The molecule has 1 aliphatic heterocycles. The van der Waals surface area contributed by atoms with Crippen molar-refractivity contribution in [3.05, 3.63) is 0 Å². The monoisotopic (exact) mass is 305 g/mol. The fraction of sp³-hybridized carbons (Fsp3) is 0.923. The van der Waals surface area contributed by atoms with E-state index in [2.05, 4.69) is 4.72 Å². The molecule has 7 heteroatoms. The van der Waals surface area contributed by atoms with Gasteiger partial charge in [-0.15, -0.1) is 0 Å². The molecular formula is C13H23NO5S. The van der Waals surface area contributed by atoms with E-state index >= 15 is 0 Å². The molecule has 2 aliphatic rings. The van der Waals surface area contributed by atoms with E-state index in [1.807, 2.05) is 0 Å². The van der Waals surface area contributed by atoms with E-state index in [1.54, 1.807) is 0 Å². The number of carbonyl (C=O) groups is 1. The van der Waals surface area contributed by atoms with Crippen LogP contribution in [0.5, 0.6) is 0 Å². The van der Waals surface area contributed by atoms with Gasteiger partial charge in [0.05, 0.1) is 25.0 Å². The van der Waals surface area contributed by atoms with Crippen LogP contribution in [0.3, 0.4) is 0 Å². The average molecular weight is 305 g/mol. The number of ether oxygens (including phenoxy) is 1. The van der Waals surface area contributed by atoms with E-state index < -0.39 is 27.4 Å². The summed E-state index contributed by atoms with van der Waals surface area (Å²) in [5.41, 5.74) is -1.18. The lowest BCUT2D eigenvalue weighted by molar-refractivity contribution is -0.148. The highest BCUT2D eigenvalue weighted by Gasteiger charge is 2.48. The smallest absolute Gasteiger partial charge is 0.313 e. The fourth-order valence-electron chi connectivity index (χ4n) is 2.98. The van der Waals surface area contributed by atoms with Gasteiger partial charge in [-0.1, -0.05) is 19.3 Å². The molecule has 0 amide bonds. The molecule has 0 aromatic rings. The molecule has 0 radical (unpaired) electrons. The van der Waals surface area contributed by atoms with E-state index in [0.29, 0.717) is 0 Å². The molecule has 0 spiro atoms. The highest BCUT2D eigenvalue weighted by molar-refractivity contribution is 7.89. The Kier molecular flexibility index (Phi) is 4.71. The second kappa shape index (κ2) is 5.99. The third-order valence-electron chi connectivity index (χ3n) is 4.45. The maximum Gasteiger partial charge on any atom is 0.313 e. The Morgan fingerprint density at radius 3 is 2.60 bits per heavy atom. The van der Waals surface area contributed by atoms with Crippen LogP contribution >= 0.6 is 0 Å². The normalized spacial score (nSPS) is 32.4. The molecular weight excluding hydrogens is 282 g/mol. The van der Waals surface area contributed by atoms with Crippen LogP contribution in [0.15, 0.2) is 0 Å². The van der Waals surface area contributed by atoms with E-state index in [1.165, 1.54) is 13.3 Å². The van der Waals surface area contributed by atoms with Gasteiger partial charge < -0.3 is 9.84 Å². The van der Waals surface area contributed by atoms with Crippen molar-refractivity contribution in [2.24, 2.45) is 11.3 Å². The van der Waals surface area contributed by atoms with Crippen molar-refractivity contribution in [2.45, 2.75) is 45.1 Å². The number of nitrogens with one attached hydrogen (secondary N) is 1. The Hall–Kier alpha value is -0.660. The first kappa shape index (κ1) is 15.7. The van der Waals surface area contributed by atoms with Gasteiger partial charge >= 0.3 is 5.97 Å². The van der Waals surface area contributed by atoms with E-state index in [9.17, 15) is 18.3 Å². The molecule has 116 valence electrons. The molecule has 6 nitrogen and oxygen atoms in total. The maximum absolute atomic E-state index is 12.2. The van der Waals surface area contributed by atoms with E-state index in [0.717, 1.165) is 25.7 Å². The Bertz CT molecular complexity index is 457. The minimum absolute atomic E-state index is 0.0406. The third kappa shape index (κ3) is 3.51. The van der Waals surface area contributed by atoms with Crippen molar-refractivity contribution in [1.82, 2.24) is 4.72 Å². The lowest BCUT2D eigenvalue weighted by atomic mass is 9.86. The molecule has 2 N–H and O–H groups in total. The molecule has 2 unspecified atom stereocenters. The minimum Gasteiger partial charge on any atom is -0.481 e. The first-order valence-electron chi connectivity index (χ1n) is 7.15. The molecule has 1 heterocycles. The van der Waals surface area contributed by atoms with E-state index in [4.69, 9.17) is 4.74 Å². The quantitative estimate of drug-likeness (QED) is 0.789. The molecule has 1 aliphatic carbocycles. The molecule has 20 heavy (non-hydrogen) atoms. The van der Waals surface area contributed by atoms with Crippen molar-refractivity contribution >= 4 is 16.0 Å². The summed E-state index contributed by atoms with van der Waals surface area (Å²) in [5, 5.41) is 9.25. The number of carboxylic acids is 1. The third-order valence-corrected chi connectivity index (χ3v) is 6.00. The van der Waals surface area contributed by atoms with Gasteiger partial charge in [0.1, 0.15) is 5.41 Å². The lowest BCUT2D eigenvalue weighted by Gasteiger charge is -2.27. The van der Waals surface area contributed by atoms with Gasteiger partial charge in [-0.25, -0.2) is 13.1 Å².